The van der Waals surface area contributed by atoms with Gasteiger partial charge in [0.15, 0.2) is 11.6 Å². The smallest absolute Gasteiger partial charge is 0.205 e. The number of thiophene rings is 1. The van der Waals surface area contributed by atoms with Gasteiger partial charge in [0, 0.05) is 10.9 Å². The van der Waals surface area contributed by atoms with Gasteiger partial charge in [0.1, 0.15) is 12.4 Å². The van der Waals surface area contributed by atoms with Gasteiger partial charge in [0.05, 0.1) is 14.6 Å². The number of rotatable bonds is 5. The number of fused-ring (bicyclic) bond motifs is 1. The Morgan fingerprint density at radius 1 is 1.03 bits per heavy atom. The highest BCUT2D eigenvalue weighted by Crippen LogP contribution is 2.41. The molecule has 0 spiro atoms. The molecule has 0 N–H and O–H groups in total. The fraction of sp³-hybridized carbons (Fsp3) is 0.125. The second-order valence-corrected chi connectivity index (χ2v) is 8.42. The van der Waals surface area contributed by atoms with Gasteiger partial charge in [0.2, 0.25) is 5.78 Å². The van der Waals surface area contributed by atoms with Crippen molar-refractivity contribution in [3.63, 3.8) is 0 Å². The Morgan fingerprint density at radius 3 is 2.37 bits per heavy atom. The van der Waals surface area contributed by atoms with E-state index in [1.165, 1.54) is 18.2 Å². The van der Waals surface area contributed by atoms with Gasteiger partial charge in [-0.25, -0.2) is 8.78 Å². The van der Waals surface area contributed by atoms with E-state index in [1.54, 1.807) is 19.9 Å². The molecule has 2 nitrogen and oxygen atoms in total. The average molecular weight is 443 g/mol. The molecule has 6 heteroatoms. The first kappa shape index (κ1) is 20.5. The maximum absolute atomic E-state index is 15.1. The molecule has 30 heavy (non-hydrogen) atoms. The fourth-order valence-electron chi connectivity index (χ4n) is 3.45. The van der Waals surface area contributed by atoms with E-state index < -0.39 is 11.6 Å². The maximum Gasteiger partial charge on any atom is 0.205 e. The van der Waals surface area contributed by atoms with Gasteiger partial charge in [-0.05, 0) is 54.8 Å². The minimum atomic E-state index is -0.554. The third-order valence-corrected chi connectivity index (χ3v) is 6.57. The quantitative estimate of drug-likeness (QED) is 0.304. The van der Waals surface area contributed by atoms with E-state index in [4.69, 9.17) is 16.3 Å². The van der Waals surface area contributed by atoms with Gasteiger partial charge >= 0.3 is 0 Å². The highest BCUT2D eigenvalue weighted by molar-refractivity contribution is 7.21. The molecule has 4 aromatic rings. The van der Waals surface area contributed by atoms with Crippen LogP contribution in [-0.4, -0.2) is 5.78 Å². The highest BCUT2D eigenvalue weighted by atomic mass is 35.5. The summed E-state index contributed by atoms with van der Waals surface area (Å²) in [6.07, 6.45) is 0. The lowest BCUT2D eigenvalue weighted by Gasteiger charge is -2.08. The van der Waals surface area contributed by atoms with Crippen molar-refractivity contribution in [1.82, 2.24) is 0 Å². The molecule has 0 unspecified atom stereocenters. The van der Waals surface area contributed by atoms with Crippen LogP contribution in [0.3, 0.4) is 0 Å². The van der Waals surface area contributed by atoms with Crippen LogP contribution in [0.5, 0.6) is 5.75 Å². The summed E-state index contributed by atoms with van der Waals surface area (Å²) < 4.78 is 34.6. The van der Waals surface area contributed by atoms with Gasteiger partial charge in [-0.2, -0.15) is 0 Å². The summed E-state index contributed by atoms with van der Waals surface area (Å²) in [6.45, 7) is 3.56. The van der Waals surface area contributed by atoms with Crippen LogP contribution in [0.15, 0.2) is 54.6 Å². The minimum Gasteiger partial charge on any atom is -0.486 e. The predicted molar refractivity (Wildman–Crippen MR) is 117 cm³/mol. The monoisotopic (exact) mass is 442 g/mol. The Labute approximate surface area is 181 Å². The molecule has 0 amide bonds. The summed E-state index contributed by atoms with van der Waals surface area (Å²) in [5, 5.41) is 0.642. The van der Waals surface area contributed by atoms with Crippen LogP contribution in [0, 0.1) is 25.5 Å². The van der Waals surface area contributed by atoms with Crippen molar-refractivity contribution in [2.75, 3.05) is 0 Å². The first-order valence-electron chi connectivity index (χ1n) is 9.25. The molecule has 1 heterocycles. The van der Waals surface area contributed by atoms with Crippen LogP contribution in [-0.2, 0) is 6.61 Å². The summed E-state index contributed by atoms with van der Waals surface area (Å²) in [7, 11) is 0. The van der Waals surface area contributed by atoms with Crippen molar-refractivity contribution >= 4 is 38.8 Å². The van der Waals surface area contributed by atoms with Gasteiger partial charge < -0.3 is 4.74 Å². The van der Waals surface area contributed by atoms with E-state index in [0.29, 0.717) is 22.1 Å². The molecule has 1 aromatic heterocycles. The molecule has 0 bridgehead atoms. The van der Waals surface area contributed by atoms with Crippen LogP contribution in [0.2, 0.25) is 5.02 Å². The fourth-order valence-corrected chi connectivity index (χ4v) is 4.94. The van der Waals surface area contributed by atoms with E-state index >= 15 is 4.39 Å². The van der Waals surface area contributed by atoms with E-state index in [-0.39, 0.29) is 32.7 Å². The Hall–Kier alpha value is -2.76. The molecule has 0 fully saturated rings. The largest absolute Gasteiger partial charge is 0.486 e. The molecule has 0 saturated carbocycles. The first-order chi connectivity index (χ1) is 14.4. The lowest BCUT2D eigenvalue weighted by Crippen LogP contribution is -2.05. The Balaban J connectivity index is 1.72. The number of hydrogen-bond acceptors (Lipinski definition) is 3. The molecular weight excluding hydrogens is 426 g/mol. The topological polar surface area (TPSA) is 26.3 Å². The number of ether oxygens (including phenoxy) is 1. The summed E-state index contributed by atoms with van der Waals surface area (Å²) >= 11 is 7.42. The zero-order valence-corrected chi connectivity index (χ0v) is 17.8. The lowest BCUT2D eigenvalue weighted by molar-refractivity contribution is 0.104. The lowest BCUT2D eigenvalue weighted by atomic mass is 9.98. The number of carbonyl (C=O) groups excluding carboxylic acids is 1. The standard InChI is InChI=1S/C24H17ClF2O2S/c1-13-10-16(26)11-14(2)19(13)22(28)24-20(25)17-8-9-18(21(27)23(17)30-24)29-12-15-6-4-3-5-7-15/h3-11H,12H2,1-2H3. The SMILES string of the molecule is Cc1cc(F)cc(C)c1C(=O)c1sc2c(F)c(OCc3ccccc3)ccc2c1Cl. The van der Waals surface area contributed by atoms with Gasteiger partial charge in [-0.15, -0.1) is 11.3 Å². The van der Waals surface area contributed by atoms with Crippen LogP contribution >= 0.6 is 22.9 Å². The van der Waals surface area contributed by atoms with Crippen LogP contribution in [0.4, 0.5) is 8.78 Å². The molecular formula is C24H17ClF2O2S. The molecule has 0 aliphatic carbocycles. The number of aryl methyl sites for hydroxylation is 2. The first-order valence-corrected chi connectivity index (χ1v) is 10.4. The zero-order valence-electron chi connectivity index (χ0n) is 16.3. The number of ketones is 1. The van der Waals surface area contributed by atoms with Crippen molar-refractivity contribution < 1.29 is 18.3 Å². The van der Waals surface area contributed by atoms with Gasteiger partial charge in [0.25, 0.3) is 0 Å². The summed E-state index contributed by atoms with van der Waals surface area (Å²) in [5.41, 5.74) is 2.32. The molecule has 4 rings (SSSR count). The minimum absolute atomic E-state index is 0.0948. The van der Waals surface area contributed by atoms with E-state index in [2.05, 4.69) is 0 Å². The second-order valence-electron chi connectivity index (χ2n) is 7.02. The van der Waals surface area contributed by atoms with Crippen molar-refractivity contribution in [3.8, 4) is 5.75 Å². The Kier molecular flexibility index (Phi) is 5.58. The number of hydrogen-bond donors (Lipinski definition) is 0. The normalized spacial score (nSPS) is 11.1. The second kappa shape index (κ2) is 8.17. The maximum atomic E-state index is 15.1. The molecule has 0 aliphatic heterocycles. The van der Waals surface area contributed by atoms with Crippen molar-refractivity contribution in [3.05, 3.63) is 98.4 Å². The van der Waals surface area contributed by atoms with E-state index in [9.17, 15) is 9.18 Å². The van der Waals surface area contributed by atoms with Crippen LogP contribution in [0.25, 0.3) is 10.1 Å². The molecule has 0 radical (unpaired) electrons. The Bertz CT molecular complexity index is 1240. The number of carbonyl (C=O) groups is 1. The van der Waals surface area contributed by atoms with Crippen LogP contribution < -0.4 is 4.74 Å². The van der Waals surface area contributed by atoms with Crippen LogP contribution in [0.1, 0.15) is 31.9 Å². The summed E-state index contributed by atoms with van der Waals surface area (Å²) in [5.74, 6) is -1.21. The van der Waals surface area contributed by atoms with Gasteiger partial charge in [-0.1, -0.05) is 41.9 Å². The van der Waals surface area contributed by atoms with E-state index in [0.717, 1.165) is 16.9 Å². The predicted octanol–water partition coefficient (Wildman–Crippen LogP) is 7.26. The zero-order chi connectivity index (χ0) is 21.4. The van der Waals surface area contributed by atoms with Crippen molar-refractivity contribution in [2.24, 2.45) is 0 Å². The molecule has 152 valence electrons. The highest BCUT2D eigenvalue weighted by Gasteiger charge is 2.24. The average Bonchev–Trinajstić information content (AvgIpc) is 3.05. The van der Waals surface area contributed by atoms with Crippen molar-refractivity contribution in [2.45, 2.75) is 20.5 Å². The third kappa shape index (κ3) is 3.71. The summed E-state index contributed by atoms with van der Waals surface area (Å²) in [6, 6.07) is 15.2. The molecule has 3 aromatic carbocycles. The molecule has 0 atom stereocenters. The number of benzene rings is 3. The Morgan fingerprint density at radius 2 is 1.70 bits per heavy atom. The molecule has 0 saturated heterocycles. The van der Waals surface area contributed by atoms with Crippen molar-refractivity contribution in [1.29, 1.82) is 0 Å². The number of halogens is 3. The van der Waals surface area contributed by atoms with E-state index in [1.807, 2.05) is 30.3 Å². The molecule has 0 aliphatic rings. The van der Waals surface area contributed by atoms with Gasteiger partial charge in [-0.3, -0.25) is 4.79 Å². The summed E-state index contributed by atoms with van der Waals surface area (Å²) in [4.78, 5) is 13.4. The third-order valence-electron chi connectivity index (χ3n) is 4.87.